The van der Waals surface area contributed by atoms with Crippen LogP contribution in [0.15, 0.2) is 101 Å². The Hall–Kier alpha value is -3.00. The number of nitrogens with zero attached hydrogens (tertiary/aromatic N) is 1. The molecule has 0 amide bonds. The van der Waals surface area contributed by atoms with Gasteiger partial charge in [-0.3, -0.25) is 0 Å². The zero-order valence-electron chi connectivity index (χ0n) is 26.9. The maximum absolute atomic E-state index is 9.96. The number of rotatable bonds is 18. The minimum Gasteiger partial charge on any atom is -0.508 e. The standard InChI is InChI=1S/C38H57NO/c1-30(2)15-10-17-32(5)19-12-21-34(7)25-27-39(38-24-14-23-37(29-38)36(9)40)28-26-35(8)22-13-20-33(6)18-11-16-31(3)4/h14-16,19-20,23-26,29,40H,9-13,17-18,21-22,27-28H2,1-8H3/b32-19+,33-20+,34-25+,35-26+. The fourth-order valence-corrected chi connectivity index (χ4v) is 4.38. The van der Waals surface area contributed by atoms with Crippen LogP contribution in [0.3, 0.4) is 0 Å². The maximum Gasteiger partial charge on any atom is 0.115 e. The Kier molecular flexibility index (Phi) is 17.5. The molecule has 0 aromatic heterocycles. The van der Waals surface area contributed by atoms with Gasteiger partial charge in [-0.2, -0.15) is 0 Å². The molecular formula is C38H57NO. The predicted molar refractivity (Wildman–Crippen MR) is 181 cm³/mol. The molecule has 0 heterocycles. The lowest BCUT2D eigenvalue weighted by Crippen LogP contribution is -2.24. The third kappa shape index (κ3) is 16.9. The summed E-state index contributed by atoms with van der Waals surface area (Å²) in [4.78, 5) is 2.38. The lowest BCUT2D eigenvalue weighted by molar-refractivity contribution is 0.514. The first kappa shape index (κ1) is 35.0. The molecule has 0 fully saturated rings. The smallest absolute Gasteiger partial charge is 0.115 e. The zero-order valence-corrected chi connectivity index (χ0v) is 26.9. The molecule has 1 aromatic carbocycles. The number of hydrogen-bond acceptors (Lipinski definition) is 2. The van der Waals surface area contributed by atoms with Crippen molar-refractivity contribution >= 4 is 11.4 Å². The van der Waals surface area contributed by atoms with Gasteiger partial charge in [0.15, 0.2) is 0 Å². The van der Waals surface area contributed by atoms with Gasteiger partial charge in [-0.1, -0.05) is 88.6 Å². The van der Waals surface area contributed by atoms with Gasteiger partial charge in [0.1, 0.15) is 5.76 Å². The van der Waals surface area contributed by atoms with Gasteiger partial charge in [-0.05, 0) is 119 Å². The summed E-state index contributed by atoms with van der Waals surface area (Å²) in [5, 5.41) is 9.96. The quantitative estimate of drug-likeness (QED) is 0.147. The average Bonchev–Trinajstić information content (AvgIpc) is 2.88. The van der Waals surface area contributed by atoms with E-state index in [2.05, 4.69) is 109 Å². The molecule has 0 atom stereocenters. The number of benzene rings is 1. The van der Waals surface area contributed by atoms with Crippen molar-refractivity contribution in [3.8, 4) is 0 Å². The van der Waals surface area contributed by atoms with Crippen LogP contribution < -0.4 is 4.90 Å². The molecule has 2 heteroatoms. The van der Waals surface area contributed by atoms with E-state index >= 15 is 0 Å². The molecule has 0 unspecified atom stereocenters. The molecule has 0 saturated carbocycles. The Morgan fingerprint density at radius 1 is 0.625 bits per heavy atom. The van der Waals surface area contributed by atoms with E-state index in [1.807, 2.05) is 18.2 Å². The molecule has 0 aliphatic rings. The normalized spacial score (nSPS) is 12.8. The lowest BCUT2D eigenvalue weighted by Gasteiger charge is -2.23. The van der Waals surface area contributed by atoms with Crippen LogP contribution in [0, 0.1) is 0 Å². The highest BCUT2D eigenvalue weighted by molar-refractivity contribution is 5.62. The largest absolute Gasteiger partial charge is 0.508 e. The number of aliphatic hydroxyl groups is 1. The molecule has 0 bridgehead atoms. The van der Waals surface area contributed by atoms with Crippen LogP contribution in [-0.4, -0.2) is 18.2 Å². The van der Waals surface area contributed by atoms with Crippen molar-refractivity contribution in [2.75, 3.05) is 18.0 Å². The van der Waals surface area contributed by atoms with Crippen molar-refractivity contribution < 1.29 is 5.11 Å². The van der Waals surface area contributed by atoms with Crippen LogP contribution in [0.25, 0.3) is 5.76 Å². The van der Waals surface area contributed by atoms with Gasteiger partial charge in [-0.25, -0.2) is 0 Å². The van der Waals surface area contributed by atoms with Gasteiger partial charge < -0.3 is 10.0 Å². The first-order valence-electron chi connectivity index (χ1n) is 15.1. The molecule has 0 radical (unpaired) electrons. The summed E-state index contributed by atoms with van der Waals surface area (Å²) >= 11 is 0. The molecule has 0 aliphatic heterocycles. The predicted octanol–water partition coefficient (Wildman–Crippen LogP) is 11.9. The molecule has 40 heavy (non-hydrogen) atoms. The molecule has 1 aromatic rings. The number of allylic oxidation sites excluding steroid dienone is 10. The summed E-state index contributed by atoms with van der Waals surface area (Å²) in [6.07, 6.45) is 23.0. The van der Waals surface area contributed by atoms with Crippen molar-refractivity contribution in [2.24, 2.45) is 0 Å². The van der Waals surface area contributed by atoms with Crippen LogP contribution in [0.1, 0.15) is 112 Å². The fraction of sp³-hybridized carbons (Fsp3) is 0.474. The Balaban J connectivity index is 2.83. The molecule has 1 N–H and O–H groups in total. The van der Waals surface area contributed by atoms with E-state index in [4.69, 9.17) is 0 Å². The Bertz CT molecular complexity index is 1040. The number of anilines is 1. The summed E-state index contributed by atoms with van der Waals surface area (Å²) in [6.45, 7) is 23.0. The number of aliphatic hydroxyl groups excluding tert-OH is 1. The topological polar surface area (TPSA) is 23.5 Å². The van der Waals surface area contributed by atoms with Crippen LogP contribution in [0.2, 0.25) is 0 Å². The Morgan fingerprint density at radius 2 is 1.02 bits per heavy atom. The Morgan fingerprint density at radius 3 is 1.43 bits per heavy atom. The van der Waals surface area contributed by atoms with Crippen molar-refractivity contribution in [1.82, 2.24) is 0 Å². The van der Waals surface area contributed by atoms with Crippen LogP contribution in [0.4, 0.5) is 5.69 Å². The fourth-order valence-electron chi connectivity index (χ4n) is 4.38. The van der Waals surface area contributed by atoms with Gasteiger partial charge in [-0.15, -0.1) is 0 Å². The van der Waals surface area contributed by atoms with E-state index in [-0.39, 0.29) is 5.76 Å². The molecule has 1 rings (SSSR count). The SMILES string of the molecule is C=C(O)c1cccc(N(C/C=C(\C)CC/C=C(\C)CCC=C(C)C)C/C=C(\C)CC/C=C(\C)CCC=C(C)C)c1. The minimum absolute atomic E-state index is 0.110. The first-order chi connectivity index (χ1) is 19.0. The average molecular weight is 544 g/mol. The zero-order chi connectivity index (χ0) is 29.9. The summed E-state index contributed by atoms with van der Waals surface area (Å²) in [7, 11) is 0. The lowest BCUT2D eigenvalue weighted by atomic mass is 10.1. The summed E-state index contributed by atoms with van der Waals surface area (Å²) in [6, 6.07) is 8.06. The minimum atomic E-state index is 0.110. The van der Waals surface area contributed by atoms with Crippen LogP contribution >= 0.6 is 0 Å². The van der Waals surface area contributed by atoms with E-state index in [9.17, 15) is 5.11 Å². The van der Waals surface area contributed by atoms with E-state index in [0.29, 0.717) is 0 Å². The van der Waals surface area contributed by atoms with E-state index in [1.165, 1.54) is 33.4 Å². The third-order valence-electron chi connectivity index (χ3n) is 7.11. The van der Waals surface area contributed by atoms with Crippen molar-refractivity contribution in [1.29, 1.82) is 0 Å². The summed E-state index contributed by atoms with van der Waals surface area (Å²) in [5.41, 5.74) is 10.4. The van der Waals surface area contributed by atoms with Gasteiger partial charge in [0, 0.05) is 24.3 Å². The van der Waals surface area contributed by atoms with Crippen LogP contribution in [0.5, 0.6) is 0 Å². The third-order valence-corrected chi connectivity index (χ3v) is 7.11. The monoisotopic (exact) mass is 543 g/mol. The van der Waals surface area contributed by atoms with Crippen molar-refractivity contribution in [3.05, 3.63) is 106 Å². The second-order valence-corrected chi connectivity index (χ2v) is 11.8. The summed E-state index contributed by atoms with van der Waals surface area (Å²) < 4.78 is 0. The second kappa shape index (κ2) is 20.0. The van der Waals surface area contributed by atoms with Gasteiger partial charge in [0.05, 0.1) is 0 Å². The number of hydrogen-bond donors (Lipinski definition) is 1. The van der Waals surface area contributed by atoms with Gasteiger partial charge >= 0.3 is 0 Å². The molecular weight excluding hydrogens is 486 g/mol. The maximum atomic E-state index is 9.96. The molecule has 0 aliphatic carbocycles. The van der Waals surface area contributed by atoms with Crippen molar-refractivity contribution in [3.63, 3.8) is 0 Å². The van der Waals surface area contributed by atoms with Gasteiger partial charge in [0.25, 0.3) is 0 Å². The highest BCUT2D eigenvalue weighted by Gasteiger charge is 2.07. The molecule has 220 valence electrons. The molecule has 0 saturated heterocycles. The van der Waals surface area contributed by atoms with E-state index in [1.54, 1.807) is 0 Å². The van der Waals surface area contributed by atoms with E-state index < -0.39 is 0 Å². The molecule has 2 nitrogen and oxygen atoms in total. The van der Waals surface area contributed by atoms with E-state index in [0.717, 1.165) is 75.7 Å². The highest BCUT2D eigenvalue weighted by atomic mass is 16.3. The summed E-state index contributed by atoms with van der Waals surface area (Å²) in [5.74, 6) is 0.110. The highest BCUT2D eigenvalue weighted by Crippen LogP contribution is 2.21. The van der Waals surface area contributed by atoms with Crippen LogP contribution in [-0.2, 0) is 0 Å². The van der Waals surface area contributed by atoms with Gasteiger partial charge in [0.2, 0.25) is 0 Å². The Labute approximate surface area is 247 Å². The second-order valence-electron chi connectivity index (χ2n) is 11.8. The first-order valence-corrected chi connectivity index (χ1v) is 15.1. The molecule has 0 spiro atoms. The van der Waals surface area contributed by atoms with Crippen molar-refractivity contribution in [2.45, 2.75) is 107 Å².